The molecule has 82 valence electrons. The van der Waals surface area contributed by atoms with Crippen LogP contribution in [0.2, 0.25) is 0 Å². The maximum Gasteiger partial charge on any atom is 0.260 e. The first-order chi connectivity index (χ1) is 7.59. The number of aromatic nitrogens is 1. The van der Waals surface area contributed by atoms with E-state index in [9.17, 15) is 9.59 Å². The molecule has 1 aromatic rings. The Morgan fingerprint density at radius 3 is 2.81 bits per heavy atom. The van der Waals surface area contributed by atoms with Gasteiger partial charge in [-0.3, -0.25) is 9.59 Å². The highest BCUT2D eigenvalue weighted by Gasteiger charge is 2.28. The molecule has 0 spiro atoms. The van der Waals surface area contributed by atoms with Crippen molar-refractivity contribution in [2.75, 3.05) is 5.32 Å². The van der Waals surface area contributed by atoms with Crippen LogP contribution in [0.1, 0.15) is 24.2 Å². The van der Waals surface area contributed by atoms with Crippen molar-refractivity contribution < 1.29 is 9.59 Å². The van der Waals surface area contributed by atoms with Crippen LogP contribution in [-0.4, -0.2) is 16.7 Å². The van der Waals surface area contributed by atoms with Crippen molar-refractivity contribution in [3.05, 3.63) is 35.5 Å². The zero-order chi connectivity index (χ0) is 11.7. The summed E-state index contributed by atoms with van der Waals surface area (Å²) in [6.07, 6.45) is 3.22. The van der Waals surface area contributed by atoms with E-state index >= 15 is 0 Å². The first-order valence-corrected chi connectivity index (χ1v) is 5.12. The fourth-order valence-electron chi connectivity index (χ4n) is 1.60. The zero-order valence-corrected chi connectivity index (χ0v) is 9.15. The Labute approximate surface area is 93.4 Å². The molecule has 2 rings (SSSR count). The second-order valence-corrected chi connectivity index (χ2v) is 4.01. The van der Waals surface area contributed by atoms with E-state index in [1.165, 1.54) is 0 Å². The van der Waals surface area contributed by atoms with Crippen LogP contribution in [0, 0.1) is 5.92 Å². The summed E-state index contributed by atoms with van der Waals surface area (Å²) in [6, 6.07) is 3.35. The van der Waals surface area contributed by atoms with Gasteiger partial charge >= 0.3 is 0 Å². The smallest absolute Gasteiger partial charge is 0.260 e. The predicted octanol–water partition coefficient (Wildman–Crippen LogP) is 1.80. The lowest BCUT2D eigenvalue weighted by molar-refractivity contribution is -0.112. The number of fused-ring (bicyclic) bond motifs is 1. The fourth-order valence-corrected chi connectivity index (χ4v) is 1.60. The number of nitrogens with one attached hydrogen (secondary N) is 1. The number of allylic oxidation sites excluding steroid dienone is 1. The van der Waals surface area contributed by atoms with Crippen LogP contribution in [0.15, 0.2) is 30.0 Å². The van der Waals surface area contributed by atoms with Crippen LogP contribution in [0.25, 0.3) is 0 Å². The largest absolute Gasteiger partial charge is 0.306 e. The lowest BCUT2D eigenvalue weighted by atomic mass is 9.97. The van der Waals surface area contributed by atoms with Gasteiger partial charge in [0.25, 0.3) is 5.91 Å². The zero-order valence-electron chi connectivity index (χ0n) is 9.15. The molecular formula is C12H12N2O2. The molecule has 2 heterocycles. The quantitative estimate of drug-likeness (QED) is 0.575. The second-order valence-electron chi connectivity index (χ2n) is 4.01. The molecule has 1 aliphatic heterocycles. The van der Waals surface area contributed by atoms with Crippen molar-refractivity contribution in [2.45, 2.75) is 13.8 Å². The molecule has 1 aliphatic rings. The number of Topliss-reactive ketones (excluding diaryl/α,β-unsaturated/α-hetero) is 1. The molecule has 0 radical (unpaired) electrons. The molecule has 1 N–H and O–H groups in total. The first kappa shape index (κ1) is 10.5. The highest BCUT2D eigenvalue weighted by Crippen LogP contribution is 2.23. The molecule has 0 fully saturated rings. The topological polar surface area (TPSA) is 59.1 Å². The van der Waals surface area contributed by atoms with Gasteiger partial charge < -0.3 is 5.32 Å². The monoisotopic (exact) mass is 216 g/mol. The molecule has 0 saturated heterocycles. The summed E-state index contributed by atoms with van der Waals surface area (Å²) in [6.45, 7) is 3.85. The highest BCUT2D eigenvalue weighted by atomic mass is 16.2. The number of carbonyl (C=O) groups excluding carboxylic acids is 2. The van der Waals surface area contributed by atoms with Crippen molar-refractivity contribution >= 4 is 17.5 Å². The summed E-state index contributed by atoms with van der Waals surface area (Å²) in [4.78, 5) is 27.6. The molecule has 1 amide bonds. The molecular weight excluding hydrogens is 204 g/mol. The second kappa shape index (κ2) is 3.89. The molecule has 0 atom stereocenters. The number of hydrogen-bond donors (Lipinski definition) is 1. The Kier molecular flexibility index (Phi) is 2.56. The van der Waals surface area contributed by atoms with Crippen molar-refractivity contribution in [2.24, 2.45) is 5.92 Å². The molecule has 0 aliphatic carbocycles. The van der Waals surface area contributed by atoms with Crippen LogP contribution < -0.4 is 5.32 Å². The Morgan fingerprint density at radius 2 is 2.12 bits per heavy atom. The molecule has 16 heavy (non-hydrogen) atoms. The van der Waals surface area contributed by atoms with E-state index in [0.29, 0.717) is 11.4 Å². The standard InChI is InChI=1S/C12H12N2O2/c1-7(2)6-9-10(15)8-4-3-5-13-11(8)14-12(9)16/h3-7H,1-2H3,(H,13,14,16)/b9-6-. The third-order valence-electron chi connectivity index (χ3n) is 2.27. The Morgan fingerprint density at radius 1 is 1.38 bits per heavy atom. The Bertz CT molecular complexity index is 490. The van der Waals surface area contributed by atoms with E-state index in [4.69, 9.17) is 0 Å². The normalized spacial score (nSPS) is 17.6. The number of nitrogens with zero attached hydrogens (tertiary/aromatic N) is 1. The Balaban J connectivity index is 2.50. The Hall–Kier alpha value is -1.97. The molecule has 0 bridgehead atoms. The maximum atomic E-state index is 12.0. The minimum Gasteiger partial charge on any atom is -0.306 e. The van der Waals surface area contributed by atoms with Gasteiger partial charge in [0.1, 0.15) is 5.82 Å². The highest BCUT2D eigenvalue weighted by molar-refractivity contribution is 6.33. The molecule has 1 aromatic heterocycles. The van der Waals surface area contributed by atoms with E-state index < -0.39 is 0 Å². The predicted molar refractivity (Wildman–Crippen MR) is 60.1 cm³/mol. The van der Waals surface area contributed by atoms with E-state index in [0.717, 1.165) is 0 Å². The minimum atomic E-state index is -0.370. The van der Waals surface area contributed by atoms with E-state index in [1.807, 2.05) is 13.8 Å². The fraction of sp³-hybridized carbons (Fsp3) is 0.250. The van der Waals surface area contributed by atoms with Gasteiger partial charge in [0.15, 0.2) is 0 Å². The lowest BCUT2D eigenvalue weighted by Gasteiger charge is -2.17. The van der Waals surface area contributed by atoms with Gasteiger partial charge in [-0.05, 0) is 18.1 Å². The van der Waals surface area contributed by atoms with Crippen LogP contribution in [0.3, 0.4) is 0 Å². The van der Waals surface area contributed by atoms with Gasteiger partial charge in [-0.15, -0.1) is 0 Å². The van der Waals surface area contributed by atoms with Crippen molar-refractivity contribution in [1.82, 2.24) is 4.98 Å². The van der Waals surface area contributed by atoms with E-state index in [2.05, 4.69) is 10.3 Å². The third-order valence-corrected chi connectivity index (χ3v) is 2.27. The van der Waals surface area contributed by atoms with Crippen molar-refractivity contribution in [3.8, 4) is 0 Å². The average molecular weight is 216 g/mol. The number of carbonyl (C=O) groups is 2. The molecule has 0 unspecified atom stereocenters. The molecule has 4 nitrogen and oxygen atoms in total. The number of amides is 1. The first-order valence-electron chi connectivity index (χ1n) is 5.12. The number of pyridine rings is 1. The summed E-state index contributed by atoms with van der Waals surface area (Å²) in [5, 5.41) is 2.61. The minimum absolute atomic E-state index is 0.155. The van der Waals surface area contributed by atoms with Crippen LogP contribution in [-0.2, 0) is 4.79 Å². The summed E-state index contributed by atoms with van der Waals surface area (Å²) in [5.74, 6) is -0.119. The summed E-state index contributed by atoms with van der Waals surface area (Å²) in [7, 11) is 0. The van der Waals surface area contributed by atoms with Crippen LogP contribution in [0.5, 0.6) is 0 Å². The average Bonchev–Trinajstić information content (AvgIpc) is 2.24. The van der Waals surface area contributed by atoms with Gasteiger partial charge in [0, 0.05) is 6.20 Å². The maximum absolute atomic E-state index is 12.0. The molecule has 0 saturated carbocycles. The van der Waals surface area contributed by atoms with E-state index in [-0.39, 0.29) is 23.2 Å². The van der Waals surface area contributed by atoms with Gasteiger partial charge in [-0.25, -0.2) is 4.98 Å². The molecule has 0 aromatic carbocycles. The summed E-state index contributed by atoms with van der Waals surface area (Å²) in [5.41, 5.74) is 0.657. The number of hydrogen-bond acceptors (Lipinski definition) is 3. The lowest BCUT2D eigenvalue weighted by Crippen LogP contribution is -2.28. The van der Waals surface area contributed by atoms with Crippen LogP contribution >= 0.6 is 0 Å². The van der Waals surface area contributed by atoms with Gasteiger partial charge in [0.05, 0.1) is 11.1 Å². The van der Waals surface area contributed by atoms with E-state index in [1.54, 1.807) is 24.4 Å². The molecule has 4 heteroatoms. The number of rotatable bonds is 1. The van der Waals surface area contributed by atoms with Crippen LogP contribution in [0.4, 0.5) is 5.82 Å². The van der Waals surface area contributed by atoms with Gasteiger partial charge in [-0.2, -0.15) is 0 Å². The van der Waals surface area contributed by atoms with Gasteiger partial charge in [-0.1, -0.05) is 19.9 Å². The third kappa shape index (κ3) is 1.74. The summed E-state index contributed by atoms with van der Waals surface area (Å²) < 4.78 is 0. The van der Waals surface area contributed by atoms with Gasteiger partial charge in [0.2, 0.25) is 5.78 Å². The summed E-state index contributed by atoms with van der Waals surface area (Å²) >= 11 is 0. The number of anilines is 1. The van der Waals surface area contributed by atoms with Crippen molar-refractivity contribution in [3.63, 3.8) is 0 Å². The van der Waals surface area contributed by atoms with Crippen molar-refractivity contribution in [1.29, 1.82) is 0 Å². The number of ketones is 1. The SMILES string of the molecule is CC(C)/C=C1\C(=O)Nc2ncccc2C1=O.